The van der Waals surface area contributed by atoms with E-state index in [1.54, 1.807) is 0 Å². The standard InChI is InChI=1S/C7H15F3Si/c1-6(2,4-3-5-11)7(8,9)10/h3-5H2,1-2,11H3. The first-order chi connectivity index (χ1) is 4.81. The molecule has 11 heavy (non-hydrogen) atoms. The highest BCUT2D eigenvalue weighted by Crippen LogP contribution is 2.41. The van der Waals surface area contributed by atoms with Crippen molar-refractivity contribution in [2.24, 2.45) is 5.41 Å². The Morgan fingerprint density at radius 3 is 1.91 bits per heavy atom. The molecule has 0 saturated heterocycles. The summed E-state index contributed by atoms with van der Waals surface area (Å²) < 4.78 is 36.5. The van der Waals surface area contributed by atoms with E-state index in [9.17, 15) is 13.2 Å². The van der Waals surface area contributed by atoms with Crippen LogP contribution in [0.1, 0.15) is 26.7 Å². The Bertz CT molecular complexity index is 117. The Hall–Kier alpha value is 0.00688. The molecular weight excluding hydrogens is 169 g/mol. The molecule has 0 nitrogen and oxygen atoms in total. The lowest BCUT2D eigenvalue weighted by Gasteiger charge is -2.27. The third-order valence-electron chi connectivity index (χ3n) is 1.92. The fraction of sp³-hybridized carbons (Fsp3) is 1.00. The Kier molecular flexibility index (Phi) is 3.61. The van der Waals surface area contributed by atoms with Gasteiger partial charge in [-0.2, -0.15) is 13.2 Å². The molecule has 4 heteroatoms. The zero-order valence-corrected chi connectivity index (χ0v) is 9.26. The average Bonchev–Trinajstić information content (AvgIpc) is 1.81. The van der Waals surface area contributed by atoms with Gasteiger partial charge in [0.15, 0.2) is 0 Å². The van der Waals surface area contributed by atoms with Gasteiger partial charge in [0.2, 0.25) is 0 Å². The molecule has 0 heterocycles. The van der Waals surface area contributed by atoms with Crippen molar-refractivity contribution in [2.45, 2.75) is 38.9 Å². The van der Waals surface area contributed by atoms with Crippen molar-refractivity contribution in [3.05, 3.63) is 0 Å². The second kappa shape index (κ2) is 3.60. The van der Waals surface area contributed by atoms with Gasteiger partial charge in [0, 0.05) is 10.2 Å². The largest absolute Gasteiger partial charge is 0.393 e. The maximum atomic E-state index is 12.2. The average molecular weight is 184 g/mol. The summed E-state index contributed by atoms with van der Waals surface area (Å²) in [5.74, 6) is 0. The van der Waals surface area contributed by atoms with Crippen LogP contribution < -0.4 is 0 Å². The van der Waals surface area contributed by atoms with Crippen LogP contribution in [0.4, 0.5) is 13.2 Å². The molecule has 0 bridgehead atoms. The van der Waals surface area contributed by atoms with Crippen molar-refractivity contribution < 1.29 is 13.2 Å². The van der Waals surface area contributed by atoms with Crippen LogP contribution in [-0.4, -0.2) is 16.4 Å². The fourth-order valence-electron chi connectivity index (χ4n) is 0.760. The molecular formula is C7H15F3Si. The summed E-state index contributed by atoms with van der Waals surface area (Å²) in [4.78, 5) is 0. The smallest absolute Gasteiger partial charge is 0.171 e. The van der Waals surface area contributed by atoms with Crippen molar-refractivity contribution in [2.75, 3.05) is 0 Å². The second-order valence-electron chi connectivity index (χ2n) is 3.49. The Balaban J connectivity index is 4.00. The van der Waals surface area contributed by atoms with E-state index >= 15 is 0 Å². The first-order valence-corrected chi connectivity index (χ1v) is 5.29. The molecule has 0 aromatic carbocycles. The molecule has 0 atom stereocenters. The molecule has 0 radical (unpaired) electrons. The zero-order chi connectivity index (χ0) is 9.12. The van der Waals surface area contributed by atoms with Gasteiger partial charge in [-0.1, -0.05) is 26.3 Å². The van der Waals surface area contributed by atoms with Gasteiger partial charge in [0.05, 0.1) is 5.41 Å². The molecule has 0 aromatic heterocycles. The summed E-state index contributed by atoms with van der Waals surface area (Å²) in [6, 6.07) is 0.958. The molecule has 0 aliphatic rings. The molecule has 0 aliphatic heterocycles. The van der Waals surface area contributed by atoms with Crippen LogP contribution in [-0.2, 0) is 0 Å². The third kappa shape index (κ3) is 3.27. The summed E-state index contributed by atoms with van der Waals surface area (Å²) in [6.07, 6.45) is -3.07. The van der Waals surface area contributed by atoms with Crippen molar-refractivity contribution in [3.63, 3.8) is 0 Å². The Morgan fingerprint density at radius 2 is 1.64 bits per heavy atom. The van der Waals surface area contributed by atoms with Gasteiger partial charge < -0.3 is 0 Å². The minimum Gasteiger partial charge on any atom is -0.171 e. The Labute approximate surface area is 68.6 Å². The topological polar surface area (TPSA) is 0 Å². The number of alkyl halides is 3. The number of hydrogen-bond acceptors (Lipinski definition) is 0. The summed E-state index contributed by atoms with van der Waals surface area (Å²) in [5.41, 5.74) is -1.49. The van der Waals surface area contributed by atoms with Crippen LogP contribution >= 0.6 is 0 Å². The predicted molar refractivity (Wildman–Crippen MR) is 43.8 cm³/mol. The lowest BCUT2D eigenvalue weighted by atomic mass is 9.87. The minimum atomic E-state index is -4.04. The monoisotopic (exact) mass is 184 g/mol. The van der Waals surface area contributed by atoms with Gasteiger partial charge in [-0.15, -0.1) is 0 Å². The maximum Gasteiger partial charge on any atom is 0.393 e. The molecule has 0 spiro atoms. The van der Waals surface area contributed by atoms with Gasteiger partial charge in [0.25, 0.3) is 0 Å². The molecule has 0 unspecified atom stereocenters. The maximum absolute atomic E-state index is 12.2. The predicted octanol–water partition coefficient (Wildman–Crippen LogP) is 2.14. The van der Waals surface area contributed by atoms with E-state index in [0.717, 1.165) is 16.3 Å². The first kappa shape index (κ1) is 11.0. The van der Waals surface area contributed by atoms with Crippen LogP contribution in [0.25, 0.3) is 0 Å². The summed E-state index contributed by atoms with van der Waals surface area (Å²) in [5, 5.41) is 0. The van der Waals surface area contributed by atoms with Crippen LogP contribution in [0.15, 0.2) is 0 Å². The van der Waals surface area contributed by atoms with E-state index in [0.29, 0.717) is 6.42 Å². The highest BCUT2D eigenvalue weighted by Gasteiger charge is 2.46. The molecule has 0 aliphatic carbocycles. The lowest BCUT2D eigenvalue weighted by Crippen LogP contribution is -2.31. The van der Waals surface area contributed by atoms with Crippen molar-refractivity contribution in [1.29, 1.82) is 0 Å². The SMILES string of the molecule is CC(C)(CCC[SiH3])C(F)(F)F. The van der Waals surface area contributed by atoms with E-state index < -0.39 is 11.6 Å². The van der Waals surface area contributed by atoms with Gasteiger partial charge in [-0.3, -0.25) is 0 Å². The summed E-state index contributed by atoms with van der Waals surface area (Å²) in [6.45, 7) is 2.54. The normalized spacial score (nSPS) is 13.9. The zero-order valence-electron chi connectivity index (χ0n) is 7.26. The molecule has 0 amide bonds. The van der Waals surface area contributed by atoms with E-state index in [1.165, 1.54) is 13.8 Å². The third-order valence-corrected chi connectivity index (χ3v) is 2.63. The fourth-order valence-corrected chi connectivity index (χ4v) is 1.11. The molecule has 0 fully saturated rings. The molecule has 0 aromatic rings. The van der Waals surface area contributed by atoms with Gasteiger partial charge in [0.1, 0.15) is 0 Å². The highest BCUT2D eigenvalue weighted by atomic mass is 28.1. The van der Waals surface area contributed by atoms with Crippen LogP contribution in [0, 0.1) is 5.41 Å². The quantitative estimate of drug-likeness (QED) is 0.589. The van der Waals surface area contributed by atoms with Crippen LogP contribution in [0.2, 0.25) is 6.04 Å². The van der Waals surface area contributed by atoms with Gasteiger partial charge in [-0.25, -0.2) is 0 Å². The molecule has 0 saturated carbocycles. The summed E-state index contributed by atoms with van der Waals surface area (Å²) >= 11 is 0. The lowest BCUT2D eigenvalue weighted by molar-refractivity contribution is -0.213. The van der Waals surface area contributed by atoms with E-state index in [-0.39, 0.29) is 6.42 Å². The van der Waals surface area contributed by atoms with E-state index in [1.807, 2.05) is 0 Å². The number of hydrogen-bond donors (Lipinski definition) is 0. The number of rotatable bonds is 3. The van der Waals surface area contributed by atoms with Crippen LogP contribution in [0.5, 0.6) is 0 Å². The molecule has 68 valence electrons. The van der Waals surface area contributed by atoms with Crippen molar-refractivity contribution in [1.82, 2.24) is 0 Å². The summed E-state index contributed by atoms with van der Waals surface area (Å²) in [7, 11) is 1.00. The Morgan fingerprint density at radius 1 is 1.18 bits per heavy atom. The van der Waals surface area contributed by atoms with Gasteiger partial charge in [-0.05, 0) is 6.42 Å². The van der Waals surface area contributed by atoms with Crippen LogP contribution in [0.3, 0.4) is 0 Å². The van der Waals surface area contributed by atoms with Gasteiger partial charge >= 0.3 is 6.18 Å². The molecule has 0 rings (SSSR count). The van der Waals surface area contributed by atoms with E-state index in [4.69, 9.17) is 0 Å². The minimum absolute atomic E-state index is 0.264. The molecule has 0 N–H and O–H groups in total. The first-order valence-electron chi connectivity index (χ1n) is 3.88. The van der Waals surface area contributed by atoms with Crippen molar-refractivity contribution in [3.8, 4) is 0 Å². The highest BCUT2D eigenvalue weighted by molar-refractivity contribution is 6.08. The second-order valence-corrected chi connectivity index (χ2v) is 4.49. The van der Waals surface area contributed by atoms with E-state index in [2.05, 4.69) is 0 Å². The number of halogens is 3. The van der Waals surface area contributed by atoms with Crippen molar-refractivity contribution >= 4 is 10.2 Å².